The number of hydrogen-bond donors (Lipinski definition) is 1. The van der Waals surface area contributed by atoms with Gasteiger partial charge in [0.1, 0.15) is 6.54 Å². The van der Waals surface area contributed by atoms with Crippen LogP contribution >= 0.6 is 0 Å². The molecular weight excluding hydrogens is 493 g/mol. The van der Waals surface area contributed by atoms with Crippen molar-refractivity contribution in [3.8, 4) is 16.9 Å². The van der Waals surface area contributed by atoms with E-state index >= 15 is 0 Å². The van der Waals surface area contributed by atoms with Crippen LogP contribution in [-0.2, 0) is 11.0 Å². The summed E-state index contributed by atoms with van der Waals surface area (Å²) in [6.07, 6.45) is -1.16. The van der Waals surface area contributed by atoms with E-state index in [4.69, 9.17) is 0 Å². The summed E-state index contributed by atoms with van der Waals surface area (Å²) in [4.78, 5) is 32.4. The molecule has 1 heterocycles. The average molecular weight is 519 g/mol. The lowest BCUT2D eigenvalue weighted by Gasteiger charge is -2.22. The molecule has 0 unspecified atom stereocenters. The van der Waals surface area contributed by atoms with Crippen LogP contribution in [0.25, 0.3) is 16.9 Å². The van der Waals surface area contributed by atoms with Gasteiger partial charge in [-0.15, -0.1) is 0 Å². The van der Waals surface area contributed by atoms with Crippen molar-refractivity contribution in [3.63, 3.8) is 0 Å². The lowest BCUT2D eigenvalue weighted by atomic mass is 10.1. The molecule has 4 aromatic rings. The molecule has 0 radical (unpaired) electrons. The molecule has 5 rings (SSSR count). The topological polar surface area (TPSA) is 67.2 Å². The van der Waals surface area contributed by atoms with Crippen molar-refractivity contribution in [1.29, 1.82) is 0 Å². The quantitative estimate of drug-likeness (QED) is 0.321. The maximum Gasteiger partial charge on any atom is 0.416 e. The van der Waals surface area contributed by atoms with Gasteiger partial charge in [-0.1, -0.05) is 48.0 Å². The molecule has 1 aromatic heterocycles. The molecule has 1 aliphatic rings. The van der Waals surface area contributed by atoms with Crippen molar-refractivity contribution < 1.29 is 22.8 Å². The second-order valence-electron chi connectivity index (χ2n) is 9.31. The number of rotatable bonds is 7. The highest BCUT2D eigenvalue weighted by atomic mass is 19.4. The van der Waals surface area contributed by atoms with E-state index in [-0.39, 0.29) is 24.4 Å². The van der Waals surface area contributed by atoms with Gasteiger partial charge in [-0.2, -0.15) is 13.2 Å². The zero-order valence-electron chi connectivity index (χ0n) is 20.6. The lowest BCUT2D eigenvalue weighted by molar-refractivity contribution is -0.137. The number of imidazole rings is 1. The highest BCUT2D eigenvalue weighted by Gasteiger charge is 2.35. The number of amides is 2. The Labute approximate surface area is 217 Å². The zero-order valence-corrected chi connectivity index (χ0v) is 20.6. The molecule has 1 saturated carbocycles. The molecule has 0 spiro atoms. The number of aromatic nitrogens is 2. The van der Waals surface area contributed by atoms with Crippen molar-refractivity contribution in [2.24, 2.45) is 0 Å². The maximum absolute atomic E-state index is 13.2. The van der Waals surface area contributed by atoms with Gasteiger partial charge in [-0.05, 0) is 56.2 Å². The molecule has 3 aromatic carbocycles. The van der Waals surface area contributed by atoms with Crippen molar-refractivity contribution in [3.05, 3.63) is 102 Å². The van der Waals surface area contributed by atoms with Crippen molar-refractivity contribution in [2.75, 3.05) is 11.9 Å². The molecule has 9 heteroatoms. The summed E-state index contributed by atoms with van der Waals surface area (Å²) in [6.45, 7) is 1.76. The maximum atomic E-state index is 13.2. The fraction of sp³-hybridized carbons (Fsp3) is 0.207. The first kappa shape index (κ1) is 25.3. The van der Waals surface area contributed by atoms with Gasteiger partial charge < -0.3 is 4.90 Å². The number of carbonyl (C=O) groups excluding carboxylic acids is 2. The number of aryl methyl sites for hydroxylation is 1. The smallest absolute Gasteiger partial charge is 0.326 e. The molecule has 1 aliphatic carbocycles. The minimum atomic E-state index is -4.46. The molecule has 2 amide bonds. The van der Waals surface area contributed by atoms with Gasteiger partial charge in [0.25, 0.3) is 5.91 Å². The Bertz CT molecular complexity index is 1440. The van der Waals surface area contributed by atoms with Gasteiger partial charge in [0, 0.05) is 29.1 Å². The Morgan fingerprint density at radius 1 is 0.974 bits per heavy atom. The Morgan fingerprint density at radius 2 is 1.63 bits per heavy atom. The third-order valence-corrected chi connectivity index (χ3v) is 6.36. The summed E-state index contributed by atoms with van der Waals surface area (Å²) < 4.78 is 40.8. The lowest BCUT2D eigenvalue weighted by Crippen LogP contribution is -2.39. The molecule has 1 fully saturated rings. The summed E-state index contributed by atoms with van der Waals surface area (Å²) in [5, 5.41) is 2.77. The first-order valence-electron chi connectivity index (χ1n) is 12.2. The number of carbonyl (C=O) groups is 2. The van der Waals surface area contributed by atoms with Crippen LogP contribution in [-0.4, -0.2) is 38.9 Å². The predicted molar refractivity (Wildman–Crippen MR) is 138 cm³/mol. The third-order valence-electron chi connectivity index (χ3n) is 6.36. The van der Waals surface area contributed by atoms with Gasteiger partial charge in [-0.25, -0.2) is 4.98 Å². The van der Waals surface area contributed by atoms with Crippen LogP contribution in [0.2, 0.25) is 0 Å². The van der Waals surface area contributed by atoms with E-state index in [1.807, 2.05) is 49.4 Å². The first-order chi connectivity index (χ1) is 18.2. The minimum Gasteiger partial charge on any atom is -0.326 e. The number of nitrogens with one attached hydrogen (secondary N) is 1. The SMILES string of the molecule is Cc1ccc(C(=O)N(CC(=O)Nc2nc(-c3ccccc3)cn2-c2ccc(C(F)(F)F)cc2)C2CC2)cc1. The predicted octanol–water partition coefficient (Wildman–Crippen LogP) is 6.11. The zero-order chi connectivity index (χ0) is 26.9. The van der Waals surface area contributed by atoms with Crippen LogP contribution in [0.1, 0.15) is 34.3 Å². The van der Waals surface area contributed by atoms with Crippen LogP contribution in [0.15, 0.2) is 85.1 Å². The Morgan fingerprint density at radius 3 is 2.24 bits per heavy atom. The third kappa shape index (κ3) is 5.61. The standard InChI is InChI=1S/C29H25F3N4O2/c1-19-7-9-21(10-8-19)27(38)35(23-15-16-23)18-26(37)34-28-33-25(20-5-3-2-4-6-20)17-36(28)24-13-11-22(12-14-24)29(30,31)32/h2-14,17,23H,15-16,18H2,1H3,(H,33,34,37). The molecule has 1 N–H and O–H groups in total. The van der Waals surface area contributed by atoms with Gasteiger partial charge in [0.15, 0.2) is 0 Å². The van der Waals surface area contributed by atoms with E-state index in [1.165, 1.54) is 16.7 Å². The summed E-state index contributed by atoms with van der Waals surface area (Å²) >= 11 is 0. The largest absolute Gasteiger partial charge is 0.416 e. The summed E-state index contributed by atoms with van der Waals surface area (Å²) in [7, 11) is 0. The molecule has 38 heavy (non-hydrogen) atoms. The molecule has 0 atom stereocenters. The second-order valence-corrected chi connectivity index (χ2v) is 9.31. The van der Waals surface area contributed by atoms with E-state index in [2.05, 4.69) is 10.3 Å². The molecule has 6 nitrogen and oxygen atoms in total. The van der Waals surface area contributed by atoms with E-state index < -0.39 is 17.6 Å². The van der Waals surface area contributed by atoms with Crippen LogP contribution < -0.4 is 5.32 Å². The van der Waals surface area contributed by atoms with Gasteiger partial charge >= 0.3 is 6.18 Å². The van der Waals surface area contributed by atoms with Gasteiger partial charge in [0.05, 0.1) is 11.3 Å². The molecule has 0 aliphatic heterocycles. The Balaban J connectivity index is 1.41. The van der Waals surface area contributed by atoms with E-state index in [0.717, 1.165) is 36.1 Å². The molecule has 0 saturated heterocycles. The summed E-state index contributed by atoms with van der Waals surface area (Å²) in [5.74, 6) is -0.526. The Kier molecular flexibility index (Phi) is 6.75. The van der Waals surface area contributed by atoms with Gasteiger partial charge in [0.2, 0.25) is 11.9 Å². The number of nitrogens with zero attached hydrogens (tertiary/aromatic N) is 3. The fourth-order valence-electron chi connectivity index (χ4n) is 4.16. The normalized spacial score (nSPS) is 13.3. The first-order valence-corrected chi connectivity index (χ1v) is 12.2. The highest BCUT2D eigenvalue weighted by molar-refractivity contribution is 5.99. The molecular formula is C29H25F3N4O2. The highest BCUT2D eigenvalue weighted by Crippen LogP contribution is 2.31. The van der Waals surface area contributed by atoms with Crippen LogP contribution in [0.5, 0.6) is 0 Å². The van der Waals surface area contributed by atoms with Crippen LogP contribution in [0, 0.1) is 6.92 Å². The minimum absolute atomic E-state index is 0.0101. The Hall–Kier alpha value is -4.40. The van der Waals surface area contributed by atoms with Crippen LogP contribution in [0.4, 0.5) is 19.1 Å². The second kappa shape index (κ2) is 10.2. The number of hydrogen-bond acceptors (Lipinski definition) is 3. The van der Waals surface area contributed by atoms with E-state index in [0.29, 0.717) is 16.9 Å². The summed E-state index contributed by atoms with van der Waals surface area (Å²) in [5.41, 5.74) is 2.48. The molecule has 194 valence electrons. The van der Waals surface area contributed by atoms with E-state index in [1.54, 1.807) is 23.2 Å². The number of alkyl halides is 3. The fourth-order valence-corrected chi connectivity index (χ4v) is 4.16. The van der Waals surface area contributed by atoms with Crippen molar-refractivity contribution in [2.45, 2.75) is 32.0 Å². The summed E-state index contributed by atoms with van der Waals surface area (Å²) in [6, 6.07) is 21.0. The average Bonchev–Trinajstić information content (AvgIpc) is 3.67. The molecule has 0 bridgehead atoms. The number of anilines is 1. The van der Waals surface area contributed by atoms with Crippen molar-refractivity contribution in [1.82, 2.24) is 14.5 Å². The van der Waals surface area contributed by atoms with Crippen LogP contribution in [0.3, 0.4) is 0 Å². The monoisotopic (exact) mass is 518 g/mol. The van der Waals surface area contributed by atoms with E-state index in [9.17, 15) is 22.8 Å². The van der Waals surface area contributed by atoms with Crippen molar-refractivity contribution >= 4 is 17.8 Å². The van der Waals surface area contributed by atoms with Gasteiger partial charge in [-0.3, -0.25) is 19.5 Å². The number of benzene rings is 3. The number of halogens is 3.